The van der Waals surface area contributed by atoms with Gasteiger partial charge in [-0.2, -0.15) is 0 Å². The summed E-state index contributed by atoms with van der Waals surface area (Å²) in [7, 11) is 1.34. The van der Waals surface area contributed by atoms with Gasteiger partial charge in [-0.15, -0.1) is 0 Å². The number of carbonyl (C=O) groups excluding carboxylic acids is 1. The average Bonchev–Trinajstić information content (AvgIpc) is 2.48. The van der Waals surface area contributed by atoms with Crippen LogP contribution in [0.15, 0.2) is 48.8 Å². The fourth-order valence-corrected chi connectivity index (χ4v) is 1.68. The third-order valence-electron chi connectivity index (χ3n) is 2.70. The molecule has 0 bridgehead atoms. The van der Waals surface area contributed by atoms with Crippen LogP contribution in [0.4, 0.5) is 0 Å². The molecule has 98 valence electrons. The monoisotopic (exact) mass is 257 g/mol. The van der Waals surface area contributed by atoms with Crippen molar-refractivity contribution in [3.63, 3.8) is 0 Å². The second-order valence-corrected chi connectivity index (χ2v) is 4.05. The number of rotatable bonds is 4. The molecule has 2 aromatic rings. The first kappa shape index (κ1) is 13.1. The lowest BCUT2D eigenvalue weighted by Crippen LogP contribution is -2.24. The number of hydrogen-bond donors (Lipinski definition) is 0. The average molecular weight is 257 g/mol. The molecule has 1 aromatic carbocycles. The third kappa shape index (κ3) is 3.31. The van der Waals surface area contributed by atoms with Crippen LogP contribution in [0, 0.1) is 0 Å². The first-order valence-electron chi connectivity index (χ1n) is 5.95. The number of ether oxygens (including phenoxy) is 2. The zero-order valence-electron chi connectivity index (χ0n) is 10.9. The number of carbonyl (C=O) groups is 1. The lowest BCUT2D eigenvalue weighted by Gasteiger charge is -2.12. The number of pyridine rings is 1. The van der Waals surface area contributed by atoms with Crippen molar-refractivity contribution in [3.05, 3.63) is 48.8 Å². The molecule has 1 aromatic heterocycles. The summed E-state index contributed by atoms with van der Waals surface area (Å²) in [6.07, 6.45) is 2.92. The standard InChI is InChI=1S/C15H15NO3/c1-11(15(17)18-2)19-14-7-5-12(6-8-14)13-4-3-9-16-10-13/h3-11H,1-2H3. The fourth-order valence-electron chi connectivity index (χ4n) is 1.68. The quantitative estimate of drug-likeness (QED) is 0.790. The molecule has 0 saturated heterocycles. The summed E-state index contributed by atoms with van der Waals surface area (Å²) in [5.41, 5.74) is 2.08. The Morgan fingerprint density at radius 3 is 2.47 bits per heavy atom. The van der Waals surface area contributed by atoms with Gasteiger partial charge in [0.25, 0.3) is 0 Å². The molecule has 4 nitrogen and oxygen atoms in total. The Morgan fingerprint density at radius 2 is 1.89 bits per heavy atom. The summed E-state index contributed by atoms with van der Waals surface area (Å²) in [6.45, 7) is 1.65. The first-order valence-corrected chi connectivity index (χ1v) is 5.95. The highest BCUT2D eigenvalue weighted by Crippen LogP contribution is 2.22. The highest BCUT2D eigenvalue weighted by Gasteiger charge is 2.14. The van der Waals surface area contributed by atoms with Gasteiger partial charge >= 0.3 is 5.97 Å². The summed E-state index contributed by atoms with van der Waals surface area (Å²) < 4.78 is 10.1. The summed E-state index contributed by atoms with van der Waals surface area (Å²) in [6, 6.07) is 11.4. The van der Waals surface area contributed by atoms with E-state index in [0.29, 0.717) is 5.75 Å². The predicted octanol–water partition coefficient (Wildman–Crippen LogP) is 2.69. The second kappa shape index (κ2) is 6.00. The van der Waals surface area contributed by atoms with E-state index in [2.05, 4.69) is 9.72 Å². The van der Waals surface area contributed by atoms with Crippen LogP contribution in [0.3, 0.4) is 0 Å². The van der Waals surface area contributed by atoms with Crippen LogP contribution in [0.1, 0.15) is 6.92 Å². The topological polar surface area (TPSA) is 48.4 Å². The van der Waals surface area contributed by atoms with Crippen molar-refractivity contribution >= 4 is 5.97 Å². The summed E-state index contributed by atoms with van der Waals surface area (Å²) in [4.78, 5) is 15.3. The zero-order chi connectivity index (χ0) is 13.7. The lowest BCUT2D eigenvalue weighted by molar-refractivity contribution is -0.147. The summed E-state index contributed by atoms with van der Waals surface area (Å²) in [5.74, 6) is 0.238. The number of hydrogen-bond acceptors (Lipinski definition) is 4. The molecular weight excluding hydrogens is 242 g/mol. The van der Waals surface area contributed by atoms with Crippen LogP contribution < -0.4 is 4.74 Å². The van der Waals surface area contributed by atoms with Gasteiger partial charge in [-0.1, -0.05) is 18.2 Å². The van der Waals surface area contributed by atoms with E-state index in [-0.39, 0.29) is 0 Å². The van der Waals surface area contributed by atoms with E-state index in [1.165, 1.54) is 7.11 Å². The molecule has 1 heterocycles. The minimum Gasteiger partial charge on any atom is -0.479 e. The van der Waals surface area contributed by atoms with Crippen molar-refractivity contribution in [1.29, 1.82) is 0 Å². The van der Waals surface area contributed by atoms with Gasteiger partial charge in [0.2, 0.25) is 0 Å². The number of methoxy groups -OCH3 is 1. The molecule has 0 saturated carbocycles. The Balaban J connectivity index is 2.09. The van der Waals surface area contributed by atoms with Gasteiger partial charge in [-0.25, -0.2) is 4.79 Å². The van der Waals surface area contributed by atoms with Crippen LogP contribution in [0.2, 0.25) is 0 Å². The van der Waals surface area contributed by atoms with Crippen LogP contribution >= 0.6 is 0 Å². The van der Waals surface area contributed by atoms with Gasteiger partial charge in [0.15, 0.2) is 6.10 Å². The molecule has 0 fully saturated rings. The van der Waals surface area contributed by atoms with Gasteiger partial charge in [-0.05, 0) is 36.2 Å². The molecule has 0 aliphatic rings. The van der Waals surface area contributed by atoms with E-state index >= 15 is 0 Å². The fraction of sp³-hybridized carbons (Fsp3) is 0.200. The molecule has 0 N–H and O–H groups in total. The minimum atomic E-state index is -0.616. The highest BCUT2D eigenvalue weighted by molar-refractivity contribution is 5.74. The van der Waals surface area contributed by atoms with Gasteiger partial charge in [0.05, 0.1) is 7.11 Å². The van der Waals surface area contributed by atoms with Crippen LogP contribution in [0.25, 0.3) is 11.1 Å². The smallest absolute Gasteiger partial charge is 0.346 e. The van der Waals surface area contributed by atoms with Crippen LogP contribution in [0.5, 0.6) is 5.75 Å². The number of esters is 1. The van der Waals surface area contributed by atoms with Gasteiger partial charge in [0, 0.05) is 12.4 Å². The Morgan fingerprint density at radius 1 is 1.16 bits per heavy atom. The van der Waals surface area contributed by atoms with Crippen molar-refractivity contribution in [1.82, 2.24) is 4.98 Å². The maximum Gasteiger partial charge on any atom is 0.346 e. The number of aromatic nitrogens is 1. The maximum atomic E-state index is 11.2. The molecule has 1 unspecified atom stereocenters. The van der Waals surface area contributed by atoms with E-state index in [1.807, 2.05) is 36.4 Å². The Bertz CT molecular complexity index is 537. The lowest BCUT2D eigenvalue weighted by atomic mass is 10.1. The van der Waals surface area contributed by atoms with Crippen molar-refractivity contribution in [2.24, 2.45) is 0 Å². The molecule has 19 heavy (non-hydrogen) atoms. The zero-order valence-corrected chi connectivity index (χ0v) is 10.9. The van der Waals surface area contributed by atoms with E-state index < -0.39 is 12.1 Å². The summed E-state index contributed by atoms with van der Waals surface area (Å²) in [5, 5.41) is 0. The van der Waals surface area contributed by atoms with Crippen molar-refractivity contribution in [3.8, 4) is 16.9 Å². The molecule has 1 atom stereocenters. The van der Waals surface area contributed by atoms with E-state index in [4.69, 9.17) is 4.74 Å². The largest absolute Gasteiger partial charge is 0.479 e. The minimum absolute atomic E-state index is 0.392. The van der Waals surface area contributed by atoms with E-state index in [1.54, 1.807) is 19.3 Å². The third-order valence-corrected chi connectivity index (χ3v) is 2.70. The first-order chi connectivity index (χ1) is 9.20. The predicted molar refractivity (Wildman–Crippen MR) is 71.8 cm³/mol. The van der Waals surface area contributed by atoms with Gasteiger partial charge in [0.1, 0.15) is 5.75 Å². The second-order valence-electron chi connectivity index (χ2n) is 4.05. The molecule has 0 spiro atoms. The molecule has 0 radical (unpaired) electrons. The molecule has 2 rings (SSSR count). The molecule has 0 aliphatic carbocycles. The van der Waals surface area contributed by atoms with Crippen LogP contribution in [-0.4, -0.2) is 24.2 Å². The van der Waals surface area contributed by atoms with E-state index in [0.717, 1.165) is 11.1 Å². The van der Waals surface area contributed by atoms with E-state index in [9.17, 15) is 4.79 Å². The Labute approximate surface area is 112 Å². The van der Waals surface area contributed by atoms with Gasteiger partial charge < -0.3 is 9.47 Å². The molecule has 0 aliphatic heterocycles. The molecule has 0 amide bonds. The summed E-state index contributed by atoms with van der Waals surface area (Å²) >= 11 is 0. The highest BCUT2D eigenvalue weighted by atomic mass is 16.6. The molecule has 4 heteroatoms. The SMILES string of the molecule is COC(=O)C(C)Oc1ccc(-c2cccnc2)cc1. The Hall–Kier alpha value is -2.36. The number of benzene rings is 1. The van der Waals surface area contributed by atoms with Crippen LogP contribution in [-0.2, 0) is 9.53 Å². The Kier molecular flexibility index (Phi) is 4.13. The van der Waals surface area contributed by atoms with Crippen molar-refractivity contribution < 1.29 is 14.3 Å². The van der Waals surface area contributed by atoms with Crippen molar-refractivity contribution in [2.45, 2.75) is 13.0 Å². The normalized spacial score (nSPS) is 11.7. The number of nitrogens with zero attached hydrogens (tertiary/aromatic N) is 1. The maximum absolute atomic E-state index is 11.2. The van der Waals surface area contributed by atoms with Crippen molar-refractivity contribution in [2.75, 3.05) is 7.11 Å². The van der Waals surface area contributed by atoms with Gasteiger partial charge in [-0.3, -0.25) is 4.98 Å². The molecular formula is C15H15NO3.